The molecule has 2 aliphatic rings. The van der Waals surface area contributed by atoms with Crippen molar-refractivity contribution >= 4 is 79.6 Å². The molecule has 35 nitrogen and oxygen atoms in total. The number of anilines is 5. The monoisotopic (exact) mass is 2030 g/mol. The lowest BCUT2D eigenvalue weighted by Gasteiger charge is -2.39. The first-order valence-electron chi connectivity index (χ1n) is 49.5. The van der Waals surface area contributed by atoms with Gasteiger partial charge in [0.15, 0.2) is 33.2 Å². The summed E-state index contributed by atoms with van der Waals surface area (Å²) < 4.78 is 29.6. The van der Waals surface area contributed by atoms with Crippen LogP contribution in [0, 0.1) is 18.3 Å². The summed E-state index contributed by atoms with van der Waals surface area (Å²) >= 11 is 0. The van der Waals surface area contributed by atoms with E-state index in [1.807, 2.05) is 146 Å². The van der Waals surface area contributed by atoms with Gasteiger partial charge in [0.1, 0.15) is 48.2 Å². The van der Waals surface area contributed by atoms with Gasteiger partial charge in [-0.2, -0.15) is 15.3 Å². The molecule has 7 aromatic rings. The van der Waals surface area contributed by atoms with E-state index in [2.05, 4.69) is 334 Å². The Morgan fingerprint density at radius 1 is 0.483 bits per heavy atom. The van der Waals surface area contributed by atoms with Gasteiger partial charge < -0.3 is 77.7 Å². The Balaban J connectivity index is -0.00000150. The standard InChI is InChI=1S/C12H17NO.C11H17N.C10H19NO3S.C10H19NO.C10H21NO.C9H20N2O.C9H16N2.C8H14N4O.C8H17NO2.C7H14N4.C7H13N3.C6H12N4/c1-9(14)10-5-7-11(8-6-10)13-12(2,3)4;1-9-5-7-10(8-6-9)12-11(2,3)4;1-10(2,3)11-6-8(12)7-15(13,14)9-4-5-9;1-7(12)8-5-9(6-8)11-10(2,3)4;1-8(12)10(5,6)7-11-9(2,3)4;1-7(8(12)11(5)6)10-9(2,3)4;1-9(2,3)10-8-5-6-11(4)7-8;1-8(2,3)10-4-6(13)7-9-5-11-12-7;1-6(7(10)11-5)9-8(2,3)4;1-7(2,3)9-4-6-8-5-10-11-6;1-7(2,3)10-6-8-4-5-9-6;1-6(2,3)9-5-7-4-8-10-5/h5-8,13H,1-4H3;5-8,12H,1-4H3;9,11H,4-7H2,1-3H3;8-9,11H,5-6H2,1-4H3;11H,7H2,1-6H3;7,10H,1-6H3;5-7,10H,1-4H3;5,10H,4H2,1-3H3,(H,9,11,12);6,9H,1-5H3;5,9H,4H2,1-3H3,(H,8,10,11);4-5H,1-3H3,(H2,8,9,10);4H,1-3H3,(H2,7,8,9,10). The van der Waals surface area contributed by atoms with Gasteiger partial charge in [-0.15, -0.1) is 0 Å². The molecule has 2 aliphatic carbocycles. The Bertz CT molecular complexity index is 4720. The van der Waals surface area contributed by atoms with Gasteiger partial charge in [0.25, 0.3) is 0 Å². The van der Waals surface area contributed by atoms with Crippen molar-refractivity contribution in [2.24, 2.45) is 18.4 Å². The van der Waals surface area contributed by atoms with Crippen molar-refractivity contribution in [3.8, 4) is 0 Å². The Labute approximate surface area is 863 Å². The Hall–Kier alpha value is -9.69. The quantitative estimate of drug-likeness (QED) is 0.0187. The maximum absolute atomic E-state index is 11.5. The summed E-state index contributed by atoms with van der Waals surface area (Å²) in [4.78, 5) is 98.4. The van der Waals surface area contributed by atoms with Gasteiger partial charge in [-0.05, 0) is 359 Å². The largest absolute Gasteiger partial charge is 0.468 e. The number of esters is 1. The van der Waals surface area contributed by atoms with E-state index in [-0.39, 0.29) is 143 Å². The molecule has 2 fully saturated rings. The third kappa shape index (κ3) is 81.2. The zero-order chi connectivity index (χ0) is 112. The number of hydrogen-bond acceptors (Lipinski definition) is 29. The van der Waals surface area contributed by atoms with Crippen LogP contribution >= 0.6 is 0 Å². The van der Waals surface area contributed by atoms with E-state index in [1.165, 1.54) is 43.0 Å². The first-order valence-corrected chi connectivity index (χ1v) is 51.3. The predicted molar refractivity (Wildman–Crippen MR) is 594 cm³/mol. The van der Waals surface area contributed by atoms with E-state index in [0.29, 0.717) is 29.5 Å². The number of carbonyl (C=O) groups is 7. The first kappa shape index (κ1) is 137. The highest BCUT2D eigenvalue weighted by Crippen LogP contribution is 2.31. The number of amides is 1. The topological polar surface area (TPSA) is 469 Å². The molecular weight excluding hydrogens is 1830 g/mol. The molecule has 143 heavy (non-hydrogen) atoms. The highest BCUT2D eigenvalue weighted by molar-refractivity contribution is 7.93. The van der Waals surface area contributed by atoms with E-state index in [1.54, 1.807) is 59.1 Å². The van der Waals surface area contributed by atoms with Crippen molar-refractivity contribution in [3.05, 3.63) is 121 Å². The van der Waals surface area contributed by atoms with Crippen LogP contribution in [0.1, 0.15) is 356 Å². The molecule has 9 rings (SSSR count). The summed E-state index contributed by atoms with van der Waals surface area (Å²) in [6.45, 7) is 91.3. The van der Waals surface area contributed by atoms with Crippen molar-refractivity contribution in [3.63, 3.8) is 0 Å². The molecule has 2 aromatic carbocycles. The number of methoxy groups -OCH3 is 1. The highest BCUT2D eigenvalue weighted by Gasteiger charge is 2.38. The minimum atomic E-state index is -3.14. The fraction of sp³-hybridized carbons (Fsp3) is 0.701. The maximum Gasteiger partial charge on any atom is 0.322 e. The van der Waals surface area contributed by atoms with Crippen LogP contribution in [-0.2, 0) is 52.1 Å². The predicted octanol–water partition coefficient (Wildman–Crippen LogP) is 18.3. The number of nitrogens with zero attached hydrogens (tertiary/aromatic N) is 9. The number of aryl methyl sites for hydroxylation is 2. The number of sulfone groups is 1. The molecule has 818 valence electrons. The van der Waals surface area contributed by atoms with E-state index in [9.17, 15) is 42.0 Å². The Morgan fingerprint density at radius 2 is 0.909 bits per heavy atom. The number of imidazole rings is 1. The average molecular weight is 2030 g/mol. The van der Waals surface area contributed by atoms with Gasteiger partial charge in [-0.25, -0.2) is 33.5 Å². The second-order valence-electron chi connectivity index (χ2n) is 49.7. The van der Waals surface area contributed by atoms with Gasteiger partial charge in [0, 0.05) is 153 Å². The number of hydrogen-bond donors (Lipinski definition) is 16. The van der Waals surface area contributed by atoms with E-state index in [0.717, 1.165) is 61.8 Å². The normalized spacial score (nSPS) is 14.3. The number of likely N-dealkylation sites (N-methyl/N-ethyl adjacent to an activating group) is 1. The van der Waals surface area contributed by atoms with Crippen LogP contribution in [0.15, 0.2) is 98.4 Å². The molecule has 0 radical (unpaired) electrons. The highest BCUT2D eigenvalue weighted by atomic mass is 32.2. The minimum absolute atomic E-state index is 0.00884. The summed E-state index contributed by atoms with van der Waals surface area (Å²) in [5.41, 5.74) is 5.84. The summed E-state index contributed by atoms with van der Waals surface area (Å²) in [7, 11) is 3.80. The Kier molecular flexibility index (Phi) is 59.3. The summed E-state index contributed by atoms with van der Waals surface area (Å²) in [5.74, 6) is 3.02. The van der Waals surface area contributed by atoms with Crippen molar-refractivity contribution in [1.82, 2.24) is 102 Å². The second-order valence-corrected chi connectivity index (χ2v) is 51.9. The van der Waals surface area contributed by atoms with Gasteiger partial charge in [0.2, 0.25) is 17.6 Å². The number of H-pyrrole nitrogens is 4. The number of aromatic nitrogens is 12. The van der Waals surface area contributed by atoms with E-state index in [4.69, 9.17) is 0 Å². The van der Waals surface area contributed by atoms with Crippen molar-refractivity contribution in [1.29, 1.82) is 0 Å². The molecule has 2 saturated carbocycles. The first-order chi connectivity index (χ1) is 64.4. The second kappa shape index (κ2) is 61.7. The third-order valence-corrected chi connectivity index (χ3v) is 20.8. The molecule has 2 atom stereocenters. The average Bonchev–Trinajstić information content (AvgIpc) is 1.56. The van der Waals surface area contributed by atoms with Crippen LogP contribution in [0.2, 0.25) is 0 Å². The summed E-state index contributed by atoms with van der Waals surface area (Å²) in [6, 6.07) is 18.3. The molecule has 16 N–H and O–H groups in total. The molecule has 5 aromatic heterocycles. The Morgan fingerprint density at radius 3 is 1.26 bits per heavy atom. The fourth-order valence-corrected chi connectivity index (χ4v) is 13.1. The summed E-state index contributed by atoms with van der Waals surface area (Å²) in [6.07, 6.45) is 15.5. The third-order valence-electron chi connectivity index (χ3n) is 18.6. The van der Waals surface area contributed by atoms with Crippen LogP contribution < -0.4 is 63.8 Å². The maximum atomic E-state index is 11.5. The number of ether oxygens (including phenoxy) is 1. The molecule has 0 spiro atoms. The van der Waals surface area contributed by atoms with Crippen molar-refractivity contribution in [2.45, 2.75) is 427 Å². The molecule has 0 aliphatic heterocycles. The minimum Gasteiger partial charge on any atom is -0.468 e. The van der Waals surface area contributed by atoms with Crippen molar-refractivity contribution in [2.75, 3.05) is 73.2 Å². The van der Waals surface area contributed by atoms with Crippen LogP contribution in [-0.4, -0.2) is 251 Å². The van der Waals surface area contributed by atoms with Crippen LogP contribution in [0.5, 0.6) is 0 Å². The lowest BCUT2D eigenvalue weighted by molar-refractivity contribution is -0.143. The molecule has 0 bridgehead atoms. The summed E-state index contributed by atoms with van der Waals surface area (Å²) in [5, 5.41) is 57.8. The van der Waals surface area contributed by atoms with Crippen LogP contribution in [0.3, 0.4) is 0 Å². The van der Waals surface area contributed by atoms with Gasteiger partial charge in [0.05, 0.1) is 43.7 Å². The smallest absolute Gasteiger partial charge is 0.322 e. The number of Topliss-reactive ketones (excluding diaryl/α,β-unsaturated/α-hetero) is 5. The van der Waals surface area contributed by atoms with E-state index < -0.39 is 9.84 Å². The molecule has 1 amide bonds. The van der Waals surface area contributed by atoms with Crippen molar-refractivity contribution < 1.29 is 46.7 Å². The van der Waals surface area contributed by atoms with Gasteiger partial charge >= 0.3 is 5.97 Å². The molecule has 2 unspecified atom stereocenters. The van der Waals surface area contributed by atoms with Crippen LogP contribution in [0.25, 0.3) is 0 Å². The number of carbonyl (C=O) groups excluding carboxylic acids is 7. The molecular formula is C107H199N25O10S. The fourth-order valence-electron chi connectivity index (χ4n) is 11.5. The molecule has 36 heteroatoms. The zero-order valence-corrected chi connectivity index (χ0v) is 98.3. The zero-order valence-electron chi connectivity index (χ0n) is 97.5. The lowest BCUT2D eigenvalue weighted by atomic mass is 9.77. The lowest BCUT2D eigenvalue weighted by Crippen LogP contribution is -2.51. The van der Waals surface area contributed by atoms with Gasteiger partial charge in [-0.1, -0.05) is 31.5 Å². The number of rotatable bonds is 25. The number of aromatic amines is 4. The number of benzene rings is 2. The molecule has 5 heterocycles. The van der Waals surface area contributed by atoms with E-state index >= 15 is 0 Å². The number of nitrogens with one attached hydrogen (secondary N) is 16. The SMILES string of the molecule is CC(=O)C(C)(C)CNC(C)(C)C.CC(=O)C1CC(NC(C)(C)C)C1.CC(=O)c1ccc(NC(C)(C)C)cc1.CC(C)(C)NCC(=O)CS(=O)(=O)C1CC1.CC(C)(C)NCC(=O)c1ncn[nH]1.CC(C)(C)NCc1ncn[nH]1.CC(C)(C)Nc1ncc[nH]1.CC(C)(C)Nc1ncn[nH]1.CC(NC(C)(C)C)C(=O)N(C)C.COC(=O)C(C)NC(C)(C)C.Cc1ccc(NC(C)(C)C)cc1.Cn1ccc(NC(C)(C)C)c1. The number of ketones is 5. The van der Waals surface area contributed by atoms with Crippen LogP contribution in [0.4, 0.5) is 29.0 Å². The molecule has 0 saturated heterocycles. The van der Waals surface area contributed by atoms with Gasteiger partial charge in [-0.3, -0.25) is 49.1 Å².